The molecule has 0 aliphatic carbocycles. The Morgan fingerprint density at radius 2 is 1.79 bits per heavy atom. The van der Waals surface area contributed by atoms with E-state index in [1.165, 1.54) is 18.2 Å². The van der Waals surface area contributed by atoms with Crippen LogP contribution in [0.5, 0.6) is 11.5 Å². The molecule has 19 heavy (non-hydrogen) atoms. The molecule has 0 saturated carbocycles. The van der Waals surface area contributed by atoms with E-state index in [9.17, 15) is 4.79 Å². The lowest BCUT2D eigenvalue weighted by molar-refractivity contribution is 0.0998. The topological polar surface area (TPSA) is 78.3 Å². The van der Waals surface area contributed by atoms with E-state index in [1.807, 2.05) is 0 Å². The Balaban J connectivity index is 2.39. The first-order chi connectivity index (χ1) is 8.97. The van der Waals surface area contributed by atoms with Gasteiger partial charge in [-0.05, 0) is 24.3 Å². The second kappa shape index (κ2) is 5.38. The number of hydrogen-bond acceptors (Lipinski definition) is 3. The van der Waals surface area contributed by atoms with E-state index in [0.29, 0.717) is 21.5 Å². The van der Waals surface area contributed by atoms with Gasteiger partial charge in [0, 0.05) is 17.8 Å². The van der Waals surface area contributed by atoms with Crippen molar-refractivity contribution in [3.8, 4) is 11.5 Å². The third-order valence-corrected chi connectivity index (χ3v) is 3.13. The maximum atomic E-state index is 11.3. The minimum atomic E-state index is -0.602. The standard InChI is InChI=1S/C13H10Cl2N2O2/c14-10-4-2-8(6-11(10)15)19-12-5-7(16)1-3-9(12)13(17)18/h1-6H,16H2,(H2,17,18). The summed E-state index contributed by atoms with van der Waals surface area (Å²) in [7, 11) is 0. The zero-order chi connectivity index (χ0) is 14.0. The van der Waals surface area contributed by atoms with Crippen molar-refractivity contribution in [3.05, 3.63) is 52.0 Å². The normalized spacial score (nSPS) is 10.2. The molecule has 1 amide bonds. The molecule has 98 valence electrons. The SMILES string of the molecule is NC(=O)c1ccc(N)cc1Oc1ccc(Cl)c(Cl)c1. The Kier molecular flexibility index (Phi) is 3.83. The molecule has 0 aliphatic rings. The summed E-state index contributed by atoms with van der Waals surface area (Å²) in [6.45, 7) is 0. The number of ether oxygens (including phenoxy) is 1. The third kappa shape index (κ3) is 3.10. The molecule has 0 atom stereocenters. The molecule has 0 fully saturated rings. The van der Waals surface area contributed by atoms with Crippen LogP contribution in [0.15, 0.2) is 36.4 Å². The van der Waals surface area contributed by atoms with E-state index in [-0.39, 0.29) is 11.3 Å². The van der Waals surface area contributed by atoms with Crippen LogP contribution in [0.3, 0.4) is 0 Å². The fraction of sp³-hybridized carbons (Fsp3) is 0. The van der Waals surface area contributed by atoms with E-state index in [1.54, 1.807) is 18.2 Å². The van der Waals surface area contributed by atoms with Crippen molar-refractivity contribution in [2.45, 2.75) is 0 Å². The van der Waals surface area contributed by atoms with Crippen LogP contribution < -0.4 is 16.2 Å². The summed E-state index contributed by atoms with van der Waals surface area (Å²) in [5.74, 6) is 0.100. The molecule has 4 N–H and O–H groups in total. The molecule has 0 heterocycles. The van der Waals surface area contributed by atoms with E-state index < -0.39 is 5.91 Å². The molecule has 2 aromatic carbocycles. The highest BCUT2D eigenvalue weighted by molar-refractivity contribution is 6.42. The number of amides is 1. The molecule has 0 bridgehead atoms. The maximum absolute atomic E-state index is 11.3. The third-order valence-electron chi connectivity index (χ3n) is 2.39. The van der Waals surface area contributed by atoms with Crippen LogP contribution in [0.1, 0.15) is 10.4 Å². The molecule has 2 aromatic rings. The van der Waals surface area contributed by atoms with Crippen molar-refractivity contribution in [2.24, 2.45) is 5.73 Å². The summed E-state index contributed by atoms with van der Waals surface area (Å²) in [5, 5.41) is 0.764. The Morgan fingerprint density at radius 3 is 2.42 bits per heavy atom. The molecule has 0 unspecified atom stereocenters. The van der Waals surface area contributed by atoms with Crippen molar-refractivity contribution < 1.29 is 9.53 Å². The molecule has 6 heteroatoms. The monoisotopic (exact) mass is 296 g/mol. The first-order valence-corrected chi connectivity index (χ1v) is 6.05. The fourth-order valence-electron chi connectivity index (χ4n) is 1.49. The second-order valence-corrected chi connectivity index (χ2v) is 4.61. The predicted molar refractivity (Wildman–Crippen MR) is 75.9 cm³/mol. The number of nitrogens with two attached hydrogens (primary N) is 2. The van der Waals surface area contributed by atoms with Crippen LogP contribution >= 0.6 is 23.2 Å². The van der Waals surface area contributed by atoms with Crippen LogP contribution in [0.2, 0.25) is 10.0 Å². The zero-order valence-corrected chi connectivity index (χ0v) is 11.2. The number of carbonyl (C=O) groups excluding carboxylic acids is 1. The second-order valence-electron chi connectivity index (χ2n) is 3.80. The van der Waals surface area contributed by atoms with E-state index in [0.717, 1.165) is 0 Å². The Bertz CT molecular complexity index is 645. The Hall–Kier alpha value is -1.91. The number of benzene rings is 2. The van der Waals surface area contributed by atoms with Crippen LogP contribution in [-0.2, 0) is 0 Å². The molecule has 0 saturated heterocycles. The summed E-state index contributed by atoms with van der Waals surface area (Å²) >= 11 is 11.7. The molecule has 2 rings (SSSR count). The predicted octanol–water partition coefficient (Wildman–Crippen LogP) is 3.47. The molecular weight excluding hydrogens is 287 g/mol. The number of anilines is 1. The summed E-state index contributed by atoms with van der Waals surface area (Å²) in [6, 6.07) is 9.35. The summed E-state index contributed by atoms with van der Waals surface area (Å²) in [6.07, 6.45) is 0. The highest BCUT2D eigenvalue weighted by atomic mass is 35.5. The molecule has 0 radical (unpaired) electrons. The number of nitrogen functional groups attached to an aromatic ring is 1. The quantitative estimate of drug-likeness (QED) is 0.851. The van der Waals surface area contributed by atoms with E-state index in [2.05, 4.69) is 0 Å². The number of carbonyl (C=O) groups is 1. The minimum absolute atomic E-state index is 0.236. The van der Waals surface area contributed by atoms with Crippen LogP contribution in [0, 0.1) is 0 Å². The minimum Gasteiger partial charge on any atom is -0.456 e. The summed E-state index contributed by atoms with van der Waals surface area (Å²) < 4.78 is 5.56. The van der Waals surface area contributed by atoms with Crippen molar-refractivity contribution >= 4 is 34.8 Å². The molecule has 4 nitrogen and oxygen atoms in total. The van der Waals surface area contributed by atoms with Gasteiger partial charge in [0.1, 0.15) is 11.5 Å². The van der Waals surface area contributed by atoms with Crippen LogP contribution in [-0.4, -0.2) is 5.91 Å². The first kappa shape index (κ1) is 13.5. The van der Waals surface area contributed by atoms with Gasteiger partial charge < -0.3 is 16.2 Å². The largest absolute Gasteiger partial charge is 0.456 e. The van der Waals surface area contributed by atoms with E-state index >= 15 is 0 Å². The molecular formula is C13H10Cl2N2O2. The van der Waals surface area contributed by atoms with E-state index in [4.69, 9.17) is 39.4 Å². The smallest absolute Gasteiger partial charge is 0.252 e. The van der Waals surface area contributed by atoms with Crippen LogP contribution in [0.4, 0.5) is 5.69 Å². The summed E-state index contributed by atoms with van der Waals surface area (Å²) in [4.78, 5) is 11.3. The highest BCUT2D eigenvalue weighted by Crippen LogP contribution is 2.31. The number of hydrogen-bond donors (Lipinski definition) is 2. The first-order valence-electron chi connectivity index (χ1n) is 5.29. The van der Waals surface area contributed by atoms with Gasteiger partial charge in [-0.1, -0.05) is 23.2 Å². The zero-order valence-electron chi connectivity index (χ0n) is 9.69. The van der Waals surface area contributed by atoms with Gasteiger partial charge in [-0.25, -0.2) is 0 Å². The fourth-order valence-corrected chi connectivity index (χ4v) is 1.78. The average Bonchev–Trinajstić information content (AvgIpc) is 2.33. The van der Waals surface area contributed by atoms with Crippen molar-refractivity contribution in [3.63, 3.8) is 0 Å². The lowest BCUT2D eigenvalue weighted by Crippen LogP contribution is -2.12. The van der Waals surface area contributed by atoms with Gasteiger partial charge in [-0.3, -0.25) is 4.79 Å². The van der Waals surface area contributed by atoms with Crippen molar-refractivity contribution in [1.82, 2.24) is 0 Å². The average molecular weight is 297 g/mol. The van der Waals surface area contributed by atoms with Crippen molar-refractivity contribution in [2.75, 3.05) is 5.73 Å². The molecule has 0 aliphatic heterocycles. The maximum Gasteiger partial charge on any atom is 0.252 e. The molecule has 0 aromatic heterocycles. The number of halogens is 2. The van der Waals surface area contributed by atoms with Crippen molar-refractivity contribution in [1.29, 1.82) is 0 Å². The number of rotatable bonds is 3. The van der Waals surface area contributed by atoms with Crippen LogP contribution in [0.25, 0.3) is 0 Å². The molecule has 0 spiro atoms. The highest BCUT2D eigenvalue weighted by Gasteiger charge is 2.11. The van der Waals surface area contributed by atoms with Gasteiger partial charge in [0.25, 0.3) is 5.91 Å². The van der Waals surface area contributed by atoms with Gasteiger partial charge in [0.15, 0.2) is 0 Å². The summed E-state index contributed by atoms with van der Waals surface area (Å²) in [5.41, 5.74) is 11.6. The lowest BCUT2D eigenvalue weighted by Gasteiger charge is -2.10. The van der Waals surface area contributed by atoms with Gasteiger partial charge in [0.05, 0.1) is 15.6 Å². The van der Waals surface area contributed by atoms with Gasteiger partial charge in [0.2, 0.25) is 0 Å². The van der Waals surface area contributed by atoms with Gasteiger partial charge in [-0.2, -0.15) is 0 Å². The lowest BCUT2D eigenvalue weighted by atomic mass is 10.1. The number of primary amides is 1. The Morgan fingerprint density at radius 1 is 1.05 bits per heavy atom. The van der Waals surface area contributed by atoms with Gasteiger partial charge >= 0.3 is 0 Å². The Labute approximate surface area is 119 Å². The van der Waals surface area contributed by atoms with Gasteiger partial charge in [-0.15, -0.1) is 0 Å².